The van der Waals surface area contributed by atoms with Crippen LogP contribution in [0, 0.1) is 19.7 Å². The fraction of sp³-hybridized carbons (Fsp3) is 0.273. The van der Waals surface area contributed by atoms with Crippen molar-refractivity contribution in [3.05, 3.63) is 65.2 Å². The van der Waals surface area contributed by atoms with Gasteiger partial charge < -0.3 is 19.9 Å². The molecule has 0 saturated heterocycles. The largest absolute Gasteiger partial charge is 0.483 e. The summed E-state index contributed by atoms with van der Waals surface area (Å²) in [6, 6.07) is 11.7. The molecule has 2 aromatic carbocycles. The van der Waals surface area contributed by atoms with Crippen LogP contribution in [0.2, 0.25) is 0 Å². The third kappa shape index (κ3) is 6.07. The Balaban J connectivity index is 1.46. The molecule has 0 radical (unpaired) electrons. The van der Waals surface area contributed by atoms with E-state index in [0.717, 1.165) is 22.9 Å². The molecule has 0 unspecified atom stereocenters. The zero-order valence-electron chi connectivity index (χ0n) is 18.0. The lowest BCUT2D eigenvalue weighted by Gasteiger charge is -2.12. The fourth-order valence-electron chi connectivity index (χ4n) is 2.90. The maximum Gasteiger partial charge on any atom is 0.258 e. The molecule has 0 aliphatic carbocycles. The van der Waals surface area contributed by atoms with Gasteiger partial charge in [-0.3, -0.25) is 9.59 Å². The summed E-state index contributed by atoms with van der Waals surface area (Å²) in [4.78, 5) is 24.2. The molecule has 1 heterocycles. The molecular weight excluding hydrogens is 433 g/mol. The molecule has 0 saturated carbocycles. The second-order valence-corrected chi connectivity index (χ2v) is 8.00. The number of aryl methyl sites for hydroxylation is 2. The van der Waals surface area contributed by atoms with Crippen molar-refractivity contribution in [2.45, 2.75) is 25.5 Å². The van der Waals surface area contributed by atoms with Crippen LogP contribution in [0.15, 0.2) is 47.6 Å². The van der Waals surface area contributed by atoms with Gasteiger partial charge in [0.1, 0.15) is 11.6 Å². The van der Waals surface area contributed by atoms with Crippen LogP contribution in [-0.2, 0) is 23.2 Å². The van der Waals surface area contributed by atoms with Crippen LogP contribution < -0.4 is 15.4 Å². The molecule has 0 bridgehead atoms. The Kier molecular flexibility index (Phi) is 7.82. The molecule has 0 atom stereocenters. The number of hydrogen-bond donors (Lipinski definition) is 2. The molecule has 0 spiro atoms. The predicted molar refractivity (Wildman–Crippen MR) is 120 cm³/mol. The topological polar surface area (TPSA) is 98.1 Å². The van der Waals surface area contributed by atoms with Gasteiger partial charge in [-0.1, -0.05) is 42.1 Å². The Hall–Kier alpha value is -3.40. The summed E-state index contributed by atoms with van der Waals surface area (Å²) in [6.07, 6.45) is 0. The molecule has 10 heteroatoms. The number of ether oxygens (including phenoxy) is 1. The van der Waals surface area contributed by atoms with E-state index in [4.69, 9.17) is 4.74 Å². The van der Waals surface area contributed by atoms with Crippen LogP contribution in [0.4, 0.5) is 10.1 Å². The molecule has 1 aromatic heterocycles. The van der Waals surface area contributed by atoms with Crippen molar-refractivity contribution in [3.8, 4) is 5.75 Å². The van der Waals surface area contributed by atoms with Crippen molar-refractivity contribution >= 4 is 29.3 Å². The first-order valence-electron chi connectivity index (χ1n) is 9.86. The molecule has 3 rings (SSSR count). The number of para-hydroxylation sites is 2. The number of carbonyl (C=O) groups is 2. The van der Waals surface area contributed by atoms with Crippen molar-refractivity contribution in [2.24, 2.45) is 7.05 Å². The summed E-state index contributed by atoms with van der Waals surface area (Å²) in [5, 5.41) is 13.9. The van der Waals surface area contributed by atoms with Gasteiger partial charge in [-0.2, -0.15) is 0 Å². The highest BCUT2D eigenvalue weighted by molar-refractivity contribution is 7.99. The first-order valence-corrected chi connectivity index (χ1v) is 10.8. The number of aromatic nitrogens is 3. The number of halogens is 1. The molecule has 0 fully saturated rings. The quantitative estimate of drug-likeness (QED) is 0.480. The van der Waals surface area contributed by atoms with E-state index in [9.17, 15) is 14.0 Å². The van der Waals surface area contributed by atoms with Crippen molar-refractivity contribution in [2.75, 3.05) is 17.7 Å². The van der Waals surface area contributed by atoms with Gasteiger partial charge >= 0.3 is 0 Å². The van der Waals surface area contributed by atoms with E-state index in [-0.39, 0.29) is 36.4 Å². The van der Waals surface area contributed by atoms with E-state index < -0.39 is 5.82 Å². The molecule has 2 amide bonds. The Morgan fingerprint density at radius 1 is 1.06 bits per heavy atom. The second kappa shape index (κ2) is 10.8. The minimum atomic E-state index is -0.496. The number of amides is 2. The van der Waals surface area contributed by atoms with Gasteiger partial charge in [0.15, 0.2) is 17.6 Å². The van der Waals surface area contributed by atoms with E-state index >= 15 is 0 Å². The maximum absolute atomic E-state index is 13.6. The molecule has 8 nitrogen and oxygen atoms in total. The minimum absolute atomic E-state index is 0.0380. The van der Waals surface area contributed by atoms with Crippen LogP contribution in [0.5, 0.6) is 5.75 Å². The lowest BCUT2D eigenvalue weighted by Crippen LogP contribution is -2.29. The van der Waals surface area contributed by atoms with Crippen LogP contribution in [-0.4, -0.2) is 38.9 Å². The maximum atomic E-state index is 13.6. The Morgan fingerprint density at radius 2 is 1.78 bits per heavy atom. The molecule has 0 aliphatic rings. The average molecular weight is 458 g/mol. The van der Waals surface area contributed by atoms with E-state index in [1.807, 2.05) is 32.0 Å². The summed E-state index contributed by atoms with van der Waals surface area (Å²) >= 11 is 1.16. The summed E-state index contributed by atoms with van der Waals surface area (Å²) in [7, 11) is 1.74. The summed E-state index contributed by atoms with van der Waals surface area (Å²) in [5.74, 6) is 0.131. The smallest absolute Gasteiger partial charge is 0.258 e. The van der Waals surface area contributed by atoms with Crippen LogP contribution in [0.1, 0.15) is 17.0 Å². The number of nitrogens with zero attached hydrogens (tertiary/aromatic N) is 3. The van der Waals surface area contributed by atoms with Crippen LogP contribution >= 0.6 is 11.8 Å². The van der Waals surface area contributed by atoms with Crippen LogP contribution in [0.3, 0.4) is 0 Å². The Morgan fingerprint density at radius 3 is 2.50 bits per heavy atom. The van der Waals surface area contributed by atoms with Gasteiger partial charge in [-0.15, -0.1) is 10.2 Å². The summed E-state index contributed by atoms with van der Waals surface area (Å²) in [5.41, 5.74) is 2.06. The molecule has 2 N–H and O–H groups in total. The van der Waals surface area contributed by atoms with Gasteiger partial charge in [-0.25, -0.2) is 4.39 Å². The van der Waals surface area contributed by atoms with Gasteiger partial charge in [0.25, 0.3) is 5.91 Å². The van der Waals surface area contributed by atoms with Crippen LogP contribution in [0.25, 0.3) is 0 Å². The lowest BCUT2D eigenvalue weighted by molar-refractivity contribution is -0.123. The molecule has 3 aromatic rings. The zero-order valence-corrected chi connectivity index (χ0v) is 18.8. The van der Waals surface area contributed by atoms with E-state index in [1.54, 1.807) is 23.7 Å². The first kappa shape index (κ1) is 23.3. The van der Waals surface area contributed by atoms with Gasteiger partial charge in [0, 0.05) is 7.05 Å². The monoisotopic (exact) mass is 457 g/mol. The number of thioether (sulfide) groups is 1. The lowest BCUT2D eigenvalue weighted by atomic mass is 10.1. The van der Waals surface area contributed by atoms with Crippen molar-refractivity contribution in [1.82, 2.24) is 20.1 Å². The third-order valence-electron chi connectivity index (χ3n) is 4.61. The minimum Gasteiger partial charge on any atom is -0.483 e. The predicted octanol–water partition coefficient (Wildman–Crippen LogP) is 3.00. The molecular formula is C22H24FN5O3S. The van der Waals surface area contributed by atoms with Gasteiger partial charge in [0.2, 0.25) is 5.91 Å². The van der Waals surface area contributed by atoms with Crippen molar-refractivity contribution in [3.63, 3.8) is 0 Å². The Labute approximate surface area is 189 Å². The number of hydrogen-bond acceptors (Lipinski definition) is 6. The number of benzene rings is 2. The second-order valence-electron chi connectivity index (χ2n) is 7.06. The van der Waals surface area contributed by atoms with Gasteiger partial charge in [-0.05, 0) is 37.1 Å². The highest BCUT2D eigenvalue weighted by atomic mass is 32.2. The summed E-state index contributed by atoms with van der Waals surface area (Å²) < 4.78 is 21.0. The average Bonchev–Trinajstić information content (AvgIpc) is 3.11. The highest BCUT2D eigenvalue weighted by Crippen LogP contribution is 2.22. The standard InChI is InChI=1S/C22H24FN5O3S/c1-14-7-6-8-15(2)21(14)31-12-19(29)24-11-18-26-27-22(28(18)3)32-13-20(30)25-17-10-5-4-9-16(17)23/h4-10H,11-13H2,1-3H3,(H,24,29)(H,25,30). The zero-order chi connectivity index (χ0) is 23.1. The summed E-state index contributed by atoms with van der Waals surface area (Å²) in [6.45, 7) is 3.91. The number of anilines is 1. The normalized spacial score (nSPS) is 10.6. The Bertz CT molecular complexity index is 1100. The third-order valence-corrected chi connectivity index (χ3v) is 5.63. The number of nitrogens with one attached hydrogen (secondary N) is 2. The SMILES string of the molecule is Cc1cccc(C)c1OCC(=O)NCc1nnc(SCC(=O)Nc2ccccc2F)n1C. The van der Waals surface area contributed by atoms with Crippen molar-refractivity contribution in [1.29, 1.82) is 0 Å². The van der Waals surface area contributed by atoms with Gasteiger partial charge in [0.05, 0.1) is 18.0 Å². The first-order chi connectivity index (χ1) is 15.3. The number of rotatable bonds is 9. The van der Waals surface area contributed by atoms with E-state index in [0.29, 0.717) is 16.7 Å². The molecule has 32 heavy (non-hydrogen) atoms. The molecule has 168 valence electrons. The highest BCUT2D eigenvalue weighted by Gasteiger charge is 2.14. The van der Waals surface area contributed by atoms with E-state index in [2.05, 4.69) is 20.8 Å². The van der Waals surface area contributed by atoms with Crippen molar-refractivity contribution < 1.29 is 18.7 Å². The fourth-order valence-corrected chi connectivity index (χ4v) is 3.63. The number of carbonyl (C=O) groups excluding carboxylic acids is 2. The van der Waals surface area contributed by atoms with E-state index in [1.165, 1.54) is 12.1 Å². The molecule has 0 aliphatic heterocycles.